The molecule has 0 bridgehead atoms. The maximum atomic E-state index is 5.35. The molecule has 0 saturated heterocycles. The first-order chi connectivity index (χ1) is 14.8. The number of para-hydroxylation sites is 1. The summed E-state index contributed by atoms with van der Waals surface area (Å²) in [6, 6.07) is 30.0. The van der Waals surface area contributed by atoms with Gasteiger partial charge in [-0.3, -0.25) is 4.98 Å². The number of hydrogen-bond donors (Lipinski definition) is 0. The van der Waals surface area contributed by atoms with Crippen molar-refractivity contribution in [3.8, 4) is 17.0 Å². The summed E-state index contributed by atoms with van der Waals surface area (Å²) in [4.78, 5) is 4.84. The van der Waals surface area contributed by atoms with Crippen molar-refractivity contribution in [1.29, 1.82) is 0 Å². The molecule has 3 heteroatoms. The first kappa shape index (κ1) is 18.4. The molecule has 0 radical (unpaired) electrons. The Labute approximate surface area is 176 Å². The predicted octanol–water partition coefficient (Wildman–Crippen LogP) is 6.86. The average molecular weight is 393 g/mol. The van der Waals surface area contributed by atoms with Gasteiger partial charge in [0.1, 0.15) is 5.75 Å². The van der Waals surface area contributed by atoms with Gasteiger partial charge in [-0.15, -0.1) is 0 Å². The fourth-order valence-electron chi connectivity index (χ4n) is 4.47. The minimum Gasteiger partial charge on any atom is -0.497 e. The van der Waals surface area contributed by atoms with Crippen LogP contribution in [0.4, 0.5) is 0 Å². The summed E-state index contributed by atoms with van der Waals surface area (Å²) in [5.74, 6) is 0.849. The summed E-state index contributed by atoms with van der Waals surface area (Å²) < 4.78 is 7.83. The maximum Gasteiger partial charge on any atom is 0.118 e. The third-order valence-corrected chi connectivity index (χ3v) is 5.87. The molecule has 148 valence electrons. The Hall–Kier alpha value is -3.59. The molecule has 0 fully saturated rings. The molecule has 30 heavy (non-hydrogen) atoms. The number of hydrogen-bond acceptors (Lipinski definition) is 2. The maximum absolute atomic E-state index is 5.35. The molecule has 0 saturated carbocycles. The molecular weight excluding hydrogens is 368 g/mol. The van der Waals surface area contributed by atoms with Gasteiger partial charge >= 0.3 is 0 Å². The van der Waals surface area contributed by atoms with Crippen molar-refractivity contribution in [3.05, 3.63) is 96.7 Å². The SMILES string of the molecule is CCC(c1ccccc1)n1c2ccccc2c2ccnc(-c3ccc(OC)cc3)c21. The van der Waals surface area contributed by atoms with E-state index in [0.29, 0.717) is 0 Å². The van der Waals surface area contributed by atoms with Crippen molar-refractivity contribution >= 4 is 21.8 Å². The number of pyridine rings is 1. The molecule has 3 nitrogen and oxygen atoms in total. The molecule has 2 heterocycles. The van der Waals surface area contributed by atoms with Gasteiger partial charge in [0.15, 0.2) is 0 Å². The van der Waals surface area contributed by atoms with E-state index in [2.05, 4.69) is 84.3 Å². The lowest BCUT2D eigenvalue weighted by Gasteiger charge is -2.21. The molecule has 5 rings (SSSR count). The van der Waals surface area contributed by atoms with Crippen molar-refractivity contribution in [1.82, 2.24) is 9.55 Å². The largest absolute Gasteiger partial charge is 0.497 e. The minimum atomic E-state index is 0.231. The van der Waals surface area contributed by atoms with Crippen LogP contribution in [-0.4, -0.2) is 16.7 Å². The topological polar surface area (TPSA) is 27.1 Å². The number of fused-ring (bicyclic) bond motifs is 3. The summed E-state index contributed by atoms with van der Waals surface area (Å²) in [5, 5.41) is 2.50. The first-order valence-corrected chi connectivity index (χ1v) is 10.4. The Balaban J connectivity index is 1.85. The molecule has 5 aromatic rings. The van der Waals surface area contributed by atoms with E-state index >= 15 is 0 Å². The van der Waals surface area contributed by atoms with E-state index < -0.39 is 0 Å². The zero-order valence-electron chi connectivity index (χ0n) is 17.2. The van der Waals surface area contributed by atoms with E-state index in [4.69, 9.17) is 9.72 Å². The highest BCUT2D eigenvalue weighted by Gasteiger charge is 2.21. The molecule has 0 aliphatic heterocycles. The molecular formula is C27H24N2O. The van der Waals surface area contributed by atoms with Crippen LogP contribution in [0.1, 0.15) is 24.9 Å². The van der Waals surface area contributed by atoms with Crippen LogP contribution in [-0.2, 0) is 0 Å². The Morgan fingerprint density at radius 3 is 2.30 bits per heavy atom. The van der Waals surface area contributed by atoms with Crippen molar-refractivity contribution in [2.75, 3.05) is 7.11 Å². The lowest BCUT2D eigenvalue weighted by molar-refractivity contribution is 0.415. The van der Waals surface area contributed by atoms with Crippen LogP contribution in [0, 0.1) is 0 Å². The molecule has 0 aliphatic carbocycles. The van der Waals surface area contributed by atoms with Gasteiger partial charge < -0.3 is 9.30 Å². The second kappa shape index (κ2) is 7.68. The lowest BCUT2D eigenvalue weighted by Crippen LogP contribution is -2.10. The van der Waals surface area contributed by atoms with Gasteiger partial charge in [0.2, 0.25) is 0 Å². The Bertz CT molecular complexity index is 1300. The van der Waals surface area contributed by atoms with Gasteiger partial charge in [0.25, 0.3) is 0 Å². The van der Waals surface area contributed by atoms with Crippen molar-refractivity contribution in [2.45, 2.75) is 19.4 Å². The normalized spacial score (nSPS) is 12.3. The van der Waals surface area contributed by atoms with E-state index in [1.54, 1.807) is 7.11 Å². The lowest BCUT2D eigenvalue weighted by atomic mass is 10.0. The van der Waals surface area contributed by atoms with Crippen molar-refractivity contribution in [2.24, 2.45) is 0 Å². The smallest absolute Gasteiger partial charge is 0.118 e. The predicted molar refractivity (Wildman–Crippen MR) is 124 cm³/mol. The highest BCUT2D eigenvalue weighted by Crippen LogP contribution is 2.39. The third-order valence-electron chi connectivity index (χ3n) is 5.87. The molecule has 0 aliphatic rings. The zero-order valence-corrected chi connectivity index (χ0v) is 17.2. The second-order valence-corrected chi connectivity index (χ2v) is 7.51. The van der Waals surface area contributed by atoms with E-state index in [1.165, 1.54) is 27.4 Å². The van der Waals surface area contributed by atoms with Crippen LogP contribution in [0.25, 0.3) is 33.1 Å². The molecule has 2 aromatic heterocycles. The molecule has 3 aromatic carbocycles. The quantitative estimate of drug-likeness (QED) is 0.326. The van der Waals surface area contributed by atoms with Crippen molar-refractivity contribution < 1.29 is 4.74 Å². The van der Waals surface area contributed by atoms with Crippen LogP contribution in [0.3, 0.4) is 0 Å². The number of aromatic nitrogens is 2. The summed E-state index contributed by atoms with van der Waals surface area (Å²) in [6.07, 6.45) is 2.91. The summed E-state index contributed by atoms with van der Waals surface area (Å²) in [5.41, 5.74) is 5.83. The first-order valence-electron chi connectivity index (χ1n) is 10.4. The monoisotopic (exact) mass is 392 g/mol. The molecule has 0 N–H and O–H groups in total. The molecule has 0 spiro atoms. The third kappa shape index (κ3) is 2.94. The molecule has 0 amide bonds. The Morgan fingerprint density at radius 1 is 0.833 bits per heavy atom. The van der Waals surface area contributed by atoms with E-state index in [1.807, 2.05) is 18.3 Å². The van der Waals surface area contributed by atoms with Gasteiger partial charge in [0.05, 0.1) is 24.4 Å². The zero-order chi connectivity index (χ0) is 20.5. The average Bonchev–Trinajstić information content (AvgIpc) is 3.15. The molecule has 1 unspecified atom stereocenters. The summed E-state index contributed by atoms with van der Waals surface area (Å²) >= 11 is 0. The van der Waals surface area contributed by atoms with Crippen molar-refractivity contribution in [3.63, 3.8) is 0 Å². The fraction of sp³-hybridized carbons (Fsp3) is 0.148. The Kier molecular flexibility index (Phi) is 4.72. The van der Waals surface area contributed by atoms with Gasteiger partial charge in [-0.25, -0.2) is 0 Å². The van der Waals surface area contributed by atoms with Crippen LogP contribution >= 0.6 is 0 Å². The van der Waals surface area contributed by atoms with Gasteiger partial charge in [-0.2, -0.15) is 0 Å². The number of nitrogens with zero attached hydrogens (tertiary/aromatic N) is 2. The van der Waals surface area contributed by atoms with Gasteiger partial charge in [0, 0.05) is 28.0 Å². The molecule has 1 atom stereocenters. The Morgan fingerprint density at radius 2 is 1.57 bits per heavy atom. The highest BCUT2D eigenvalue weighted by atomic mass is 16.5. The van der Waals surface area contributed by atoms with Crippen LogP contribution in [0.15, 0.2) is 91.1 Å². The van der Waals surface area contributed by atoms with Crippen LogP contribution < -0.4 is 4.74 Å². The standard InChI is InChI=1S/C27H24N2O/c1-3-24(19-9-5-4-6-10-19)29-25-12-8-7-11-22(25)23-17-18-28-26(27(23)29)20-13-15-21(30-2)16-14-20/h4-18,24H,3H2,1-2H3. The van der Waals surface area contributed by atoms with E-state index in [0.717, 1.165) is 23.4 Å². The second-order valence-electron chi connectivity index (χ2n) is 7.51. The van der Waals surface area contributed by atoms with Crippen LogP contribution in [0.2, 0.25) is 0 Å². The number of rotatable bonds is 5. The fourth-order valence-corrected chi connectivity index (χ4v) is 4.47. The van der Waals surface area contributed by atoms with Gasteiger partial charge in [-0.1, -0.05) is 55.5 Å². The number of ether oxygens (including phenoxy) is 1. The van der Waals surface area contributed by atoms with E-state index in [9.17, 15) is 0 Å². The summed E-state index contributed by atoms with van der Waals surface area (Å²) in [7, 11) is 1.69. The van der Waals surface area contributed by atoms with Gasteiger partial charge in [-0.05, 0) is 48.4 Å². The highest BCUT2D eigenvalue weighted by molar-refractivity contribution is 6.12. The minimum absolute atomic E-state index is 0.231. The van der Waals surface area contributed by atoms with Crippen LogP contribution in [0.5, 0.6) is 5.75 Å². The number of benzene rings is 3. The summed E-state index contributed by atoms with van der Waals surface area (Å²) in [6.45, 7) is 2.25. The van der Waals surface area contributed by atoms with E-state index in [-0.39, 0.29) is 6.04 Å². The number of methoxy groups -OCH3 is 1.